The summed E-state index contributed by atoms with van der Waals surface area (Å²) in [4.78, 5) is 20.7. The maximum atomic E-state index is 11.1. The van der Waals surface area contributed by atoms with E-state index in [1.165, 1.54) is 0 Å². The average molecular weight is 395 g/mol. The lowest BCUT2D eigenvalue weighted by atomic mass is 10.1. The molecule has 0 radical (unpaired) electrons. The molecule has 0 saturated heterocycles. The summed E-state index contributed by atoms with van der Waals surface area (Å²) in [6.45, 7) is 1.88. The molecule has 4 aromatic rings. The second-order valence-electron chi connectivity index (χ2n) is 6.00. The summed E-state index contributed by atoms with van der Waals surface area (Å²) in [5.41, 5.74) is 3.04. The third-order valence-electron chi connectivity index (χ3n) is 4.08. The lowest BCUT2D eigenvalue weighted by Crippen LogP contribution is -1.90. The fourth-order valence-electron chi connectivity index (χ4n) is 2.65. The number of H-pyrrole nitrogens is 1. The minimum Gasteiger partial charge on any atom is -0.426 e. The zero-order valence-electron chi connectivity index (χ0n) is 14.4. The number of imidazole rings is 1. The summed E-state index contributed by atoms with van der Waals surface area (Å²) in [7, 11) is 0. The van der Waals surface area contributed by atoms with Gasteiger partial charge in [0.05, 0.1) is 16.1 Å². The van der Waals surface area contributed by atoms with E-state index in [0.29, 0.717) is 22.3 Å². The summed E-state index contributed by atoms with van der Waals surface area (Å²) in [6.07, 6.45) is 0.813. The van der Waals surface area contributed by atoms with E-state index in [2.05, 4.69) is 9.97 Å². The average Bonchev–Trinajstić information content (AvgIpc) is 3.05. The molecule has 1 heterocycles. The number of benzene rings is 3. The fraction of sp³-hybridized carbons (Fsp3) is 0.0476. The molecule has 27 heavy (non-hydrogen) atoms. The first kappa shape index (κ1) is 17.6. The maximum absolute atomic E-state index is 11.1. The van der Waals surface area contributed by atoms with Gasteiger partial charge in [-0.3, -0.25) is 4.79 Å². The molecule has 0 saturated carbocycles. The molecule has 6 heteroatoms. The van der Waals surface area contributed by atoms with Gasteiger partial charge in [0.2, 0.25) is 0 Å². The molecule has 0 spiro atoms. The number of aldehydes is 1. The van der Waals surface area contributed by atoms with E-state index in [9.17, 15) is 4.79 Å². The van der Waals surface area contributed by atoms with E-state index in [-0.39, 0.29) is 0 Å². The van der Waals surface area contributed by atoms with Crippen molar-refractivity contribution in [2.24, 2.45) is 0 Å². The molecule has 134 valence electrons. The molecule has 1 aromatic heterocycles. The second-order valence-corrected chi connectivity index (χ2v) is 7.52. The number of carbonyl (C=O) groups is 1. The number of nitrogens with one attached hydrogen (secondary N) is 1. The molecule has 3 aromatic carbocycles. The van der Waals surface area contributed by atoms with Gasteiger partial charge >= 0.3 is 0 Å². The molecule has 0 aliphatic carbocycles. The Bertz CT molecular complexity index is 1130. The van der Waals surface area contributed by atoms with E-state index in [4.69, 9.17) is 16.3 Å². The first-order chi connectivity index (χ1) is 13.1. The Morgan fingerprint density at radius 2 is 1.93 bits per heavy atom. The number of aryl methyl sites for hydroxylation is 1. The summed E-state index contributed by atoms with van der Waals surface area (Å²) >= 11 is 8.01. The molecular weight excluding hydrogens is 380 g/mol. The molecule has 0 unspecified atom stereocenters. The van der Waals surface area contributed by atoms with Crippen LogP contribution < -0.4 is 4.74 Å². The van der Waals surface area contributed by atoms with E-state index < -0.39 is 0 Å². The zero-order valence-corrected chi connectivity index (χ0v) is 16.0. The van der Waals surface area contributed by atoms with Gasteiger partial charge in [0.1, 0.15) is 12.0 Å². The van der Waals surface area contributed by atoms with Crippen molar-refractivity contribution in [3.63, 3.8) is 0 Å². The summed E-state index contributed by atoms with van der Waals surface area (Å²) in [5.74, 6) is 0.548. The van der Waals surface area contributed by atoms with E-state index in [1.54, 1.807) is 23.9 Å². The van der Waals surface area contributed by atoms with Crippen LogP contribution in [-0.4, -0.2) is 16.3 Å². The van der Waals surface area contributed by atoms with Crippen LogP contribution in [0.15, 0.2) is 70.5 Å². The Morgan fingerprint density at radius 3 is 2.70 bits per heavy atom. The molecule has 0 atom stereocenters. The quantitative estimate of drug-likeness (QED) is 0.404. The smallest absolute Gasteiger partial charge is 0.300 e. The number of carbonyl (C=O) groups excluding carboxylic acids is 1. The predicted octanol–water partition coefficient (Wildman–Crippen LogP) is 6.28. The molecule has 0 bridgehead atoms. The minimum absolute atomic E-state index is 0.351. The van der Waals surface area contributed by atoms with Crippen molar-refractivity contribution in [3.8, 4) is 11.8 Å². The van der Waals surface area contributed by atoms with Crippen molar-refractivity contribution in [1.29, 1.82) is 0 Å². The van der Waals surface area contributed by atoms with Crippen LogP contribution in [0.25, 0.3) is 11.0 Å². The van der Waals surface area contributed by atoms with Gasteiger partial charge in [-0.2, -0.15) is 4.98 Å². The first-order valence-corrected chi connectivity index (χ1v) is 9.47. The molecule has 4 nitrogen and oxygen atoms in total. The Hall–Kier alpha value is -2.76. The molecule has 4 rings (SSSR count). The van der Waals surface area contributed by atoms with Gasteiger partial charge in [-0.15, -0.1) is 0 Å². The van der Waals surface area contributed by atoms with E-state index >= 15 is 0 Å². The highest BCUT2D eigenvalue weighted by Crippen LogP contribution is 2.36. The largest absolute Gasteiger partial charge is 0.426 e. The number of halogens is 1. The van der Waals surface area contributed by atoms with Crippen molar-refractivity contribution in [3.05, 3.63) is 76.8 Å². The van der Waals surface area contributed by atoms with Crippen LogP contribution in [0.3, 0.4) is 0 Å². The van der Waals surface area contributed by atoms with Crippen LogP contribution in [0, 0.1) is 6.92 Å². The van der Waals surface area contributed by atoms with Crippen molar-refractivity contribution in [1.82, 2.24) is 9.97 Å². The SMILES string of the molecule is Cc1ccc(Oc2nc3cc(Sc4ccccc4)c(Cl)cc3[nH]2)cc1C=O. The number of aromatic amines is 1. The van der Waals surface area contributed by atoms with Gasteiger partial charge < -0.3 is 9.72 Å². The van der Waals surface area contributed by atoms with Crippen LogP contribution in [0.2, 0.25) is 5.02 Å². The second kappa shape index (κ2) is 7.47. The maximum Gasteiger partial charge on any atom is 0.300 e. The monoisotopic (exact) mass is 394 g/mol. The molecule has 0 amide bonds. The topological polar surface area (TPSA) is 55.0 Å². The van der Waals surface area contributed by atoms with Gasteiger partial charge in [-0.25, -0.2) is 0 Å². The van der Waals surface area contributed by atoms with Crippen molar-refractivity contribution >= 4 is 40.7 Å². The van der Waals surface area contributed by atoms with Gasteiger partial charge in [0.15, 0.2) is 0 Å². The standard InChI is InChI=1S/C21H15ClN2O2S/c1-13-7-8-15(9-14(13)12-25)26-21-23-18-10-17(22)20(11-19(18)24-21)27-16-5-3-2-4-6-16/h2-12H,1H3,(H,23,24). The lowest BCUT2D eigenvalue weighted by Gasteiger charge is -2.04. The normalized spacial score (nSPS) is 10.9. The molecule has 0 aliphatic heterocycles. The number of aromatic nitrogens is 2. The fourth-order valence-corrected chi connectivity index (χ4v) is 3.80. The molecule has 0 fully saturated rings. The van der Waals surface area contributed by atoms with Crippen molar-refractivity contribution < 1.29 is 9.53 Å². The number of rotatable bonds is 5. The van der Waals surface area contributed by atoms with Gasteiger partial charge in [0, 0.05) is 15.4 Å². The van der Waals surface area contributed by atoms with Crippen LogP contribution >= 0.6 is 23.4 Å². The third kappa shape index (κ3) is 3.84. The zero-order chi connectivity index (χ0) is 18.8. The Balaban J connectivity index is 1.63. The number of nitrogens with zero attached hydrogens (tertiary/aromatic N) is 1. The van der Waals surface area contributed by atoms with Crippen LogP contribution in [0.4, 0.5) is 0 Å². The number of ether oxygens (including phenoxy) is 1. The van der Waals surface area contributed by atoms with Crippen LogP contribution in [0.1, 0.15) is 15.9 Å². The van der Waals surface area contributed by atoms with Gasteiger partial charge in [-0.1, -0.05) is 47.6 Å². The van der Waals surface area contributed by atoms with E-state index in [1.807, 2.05) is 55.5 Å². The molecule has 0 aliphatic rings. The highest BCUT2D eigenvalue weighted by molar-refractivity contribution is 7.99. The first-order valence-electron chi connectivity index (χ1n) is 8.28. The Morgan fingerprint density at radius 1 is 1.11 bits per heavy atom. The minimum atomic E-state index is 0.351. The third-order valence-corrected chi connectivity index (χ3v) is 5.57. The van der Waals surface area contributed by atoms with Crippen molar-refractivity contribution in [2.45, 2.75) is 16.7 Å². The summed E-state index contributed by atoms with van der Waals surface area (Å²) in [5, 5.41) is 0.644. The van der Waals surface area contributed by atoms with Gasteiger partial charge in [-0.05, 0) is 48.9 Å². The van der Waals surface area contributed by atoms with Crippen LogP contribution in [-0.2, 0) is 0 Å². The Kier molecular flexibility index (Phi) is 4.88. The summed E-state index contributed by atoms with van der Waals surface area (Å²) < 4.78 is 5.78. The van der Waals surface area contributed by atoms with E-state index in [0.717, 1.165) is 32.7 Å². The van der Waals surface area contributed by atoms with Gasteiger partial charge in [0.25, 0.3) is 6.01 Å². The van der Waals surface area contributed by atoms with Crippen LogP contribution in [0.5, 0.6) is 11.8 Å². The highest BCUT2D eigenvalue weighted by Gasteiger charge is 2.11. The van der Waals surface area contributed by atoms with Crippen molar-refractivity contribution in [2.75, 3.05) is 0 Å². The molecule has 1 N–H and O–H groups in total. The lowest BCUT2D eigenvalue weighted by molar-refractivity contribution is 0.112. The predicted molar refractivity (Wildman–Crippen MR) is 108 cm³/mol. The molecular formula is C21H15ClN2O2S. The Labute approximate surface area is 165 Å². The number of hydrogen-bond donors (Lipinski definition) is 1. The number of fused-ring (bicyclic) bond motifs is 1. The highest BCUT2D eigenvalue weighted by atomic mass is 35.5. The summed E-state index contributed by atoms with van der Waals surface area (Å²) in [6, 6.07) is 19.5. The number of hydrogen-bond acceptors (Lipinski definition) is 4.